The van der Waals surface area contributed by atoms with Crippen molar-refractivity contribution in [3.05, 3.63) is 117 Å². The third-order valence-corrected chi connectivity index (χ3v) is 6.66. The molecule has 0 fully saturated rings. The van der Waals surface area contributed by atoms with Crippen LogP contribution in [0.15, 0.2) is 85.2 Å². The van der Waals surface area contributed by atoms with Crippen molar-refractivity contribution in [2.24, 2.45) is 0 Å². The molecule has 5 aromatic rings. The second kappa shape index (κ2) is 12.3. The number of hydrogen-bond acceptors (Lipinski definition) is 6. The number of rotatable bonds is 9. The van der Waals surface area contributed by atoms with Crippen molar-refractivity contribution in [1.29, 1.82) is 0 Å². The first kappa shape index (κ1) is 27.4. The summed E-state index contributed by atoms with van der Waals surface area (Å²) >= 11 is 18.2. The number of hydrogen-bond donors (Lipinski definition) is 0. The van der Waals surface area contributed by atoms with Crippen LogP contribution >= 0.6 is 34.8 Å². The van der Waals surface area contributed by atoms with Gasteiger partial charge in [-0.15, -0.1) is 5.10 Å². The molecule has 2 heterocycles. The molecule has 0 aliphatic rings. The van der Waals surface area contributed by atoms with E-state index < -0.39 is 0 Å². The normalized spacial score (nSPS) is 11.5. The number of ketones is 1. The fourth-order valence-corrected chi connectivity index (χ4v) is 4.53. The van der Waals surface area contributed by atoms with E-state index in [1.54, 1.807) is 72.7 Å². The highest BCUT2D eigenvalue weighted by atomic mass is 35.5. The lowest BCUT2D eigenvalue weighted by Gasteiger charge is -2.10. The molecule has 0 saturated carbocycles. The molecule has 0 radical (unpaired) electrons. The molecule has 0 atom stereocenters. The van der Waals surface area contributed by atoms with Gasteiger partial charge in [-0.2, -0.15) is 0 Å². The second-order valence-corrected chi connectivity index (χ2v) is 9.86. The van der Waals surface area contributed by atoms with E-state index in [2.05, 4.69) is 15.3 Å². The van der Waals surface area contributed by atoms with Crippen LogP contribution in [0.2, 0.25) is 15.1 Å². The molecule has 200 valence electrons. The zero-order valence-corrected chi connectivity index (χ0v) is 23.4. The summed E-state index contributed by atoms with van der Waals surface area (Å²) in [7, 11) is 1.55. The molecule has 0 saturated heterocycles. The molecule has 5 rings (SSSR count). The summed E-state index contributed by atoms with van der Waals surface area (Å²) in [6, 6.07) is 17.8. The Labute approximate surface area is 245 Å². The Morgan fingerprint density at radius 2 is 1.73 bits per heavy atom. The number of pyridine rings is 1. The van der Waals surface area contributed by atoms with Crippen LogP contribution in [-0.4, -0.2) is 32.9 Å². The first-order chi connectivity index (χ1) is 19.4. The Bertz CT molecular complexity index is 1760. The van der Waals surface area contributed by atoms with Gasteiger partial charge in [0.15, 0.2) is 17.3 Å². The highest BCUT2D eigenvalue weighted by Crippen LogP contribution is 2.30. The van der Waals surface area contributed by atoms with Gasteiger partial charge in [-0.25, -0.2) is 4.68 Å². The molecule has 0 N–H and O–H groups in total. The van der Waals surface area contributed by atoms with Crippen LogP contribution in [0.3, 0.4) is 0 Å². The number of allylic oxidation sites excluding steroid dienone is 2. The highest BCUT2D eigenvalue weighted by molar-refractivity contribution is 6.35. The Morgan fingerprint density at radius 3 is 2.55 bits per heavy atom. The summed E-state index contributed by atoms with van der Waals surface area (Å²) in [5, 5.41) is 11.0. The topological polar surface area (TPSA) is 79.1 Å². The van der Waals surface area contributed by atoms with Crippen molar-refractivity contribution < 1.29 is 14.3 Å². The van der Waals surface area contributed by atoms with Crippen molar-refractivity contribution in [1.82, 2.24) is 20.0 Å². The Balaban J connectivity index is 1.24. The summed E-state index contributed by atoms with van der Waals surface area (Å²) in [4.78, 5) is 16.7. The minimum absolute atomic E-state index is 0.178. The summed E-state index contributed by atoms with van der Waals surface area (Å²) in [6.07, 6.45) is 9.74. The lowest BCUT2D eigenvalue weighted by Crippen LogP contribution is -1.98. The predicted octanol–water partition coefficient (Wildman–Crippen LogP) is 7.66. The molecule has 3 aromatic carbocycles. The quantitative estimate of drug-likeness (QED) is 0.164. The number of aromatic nitrogens is 4. The zero-order chi connectivity index (χ0) is 28.1. The largest absolute Gasteiger partial charge is 0.493 e. The predicted molar refractivity (Wildman–Crippen MR) is 159 cm³/mol. The van der Waals surface area contributed by atoms with Crippen molar-refractivity contribution in [3.63, 3.8) is 0 Å². The molecule has 0 aliphatic carbocycles. The number of methoxy groups -OCH3 is 1. The van der Waals surface area contributed by atoms with Crippen LogP contribution in [0.1, 0.15) is 16.8 Å². The average Bonchev–Trinajstić information content (AvgIpc) is 3.43. The SMILES string of the molecule is COc1cc(/C=C/C(=O)/C=C/c2ccc(Cl)cc2Cl)ccc1OCc1cn(-c2ccnc3cc(Cl)ccc23)nn1. The Kier molecular flexibility index (Phi) is 8.45. The molecule has 7 nitrogen and oxygen atoms in total. The molecule has 2 aromatic heterocycles. The van der Waals surface area contributed by atoms with E-state index in [9.17, 15) is 4.79 Å². The zero-order valence-electron chi connectivity index (χ0n) is 21.1. The molecule has 10 heteroatoms. The minimum atomic E-state index is -0.196. The molecular formula is C30H21Cl3N4O3. The fourth-order valence-electron chi connectivity index (χ4n) is 3.89. The molecule has 40 heavy (non-hydrogen) atoms. The average molecular weight is 592 g/mol. The summed E-state index contributed by atoms with van der Waals surface area (Å²) in [5.41, 5.74) is 3.69. The van der Waals surface area contributed by atoms with E-state index in [0.717, 1.165) is 22.2 Å². The number of halogens is 3. The van der Waals surface area contributed by atoms with Gasteiger partial charge in [-0.05, 0) is 77.9 Å². The van der Waals surface area contributed by atoms with E-state index >= 15 is 0 Å². The van der Waals surface area contributed by atoms with Gasteiger partial charge >= 0.3 is 0 Å². The highest BCUT2D eigenvalue weighted by Gasteiger charge is 2.11. The molecule has 0 aliphatic heterocycles. The van der Waals surface area contributed by atoms with Crippen LogP contribution in [0, 0.1) is 0 Å². The number of carbonyl (C=O) groups excluding carboxylic acids is 1. The van der Waals surface area contributed by atoms with Crippen LogP contribution in [0.25, 0.3) is 28.7 Å². The van der Waals surface area contributed by atoms with Gasteiger partial charge in [-0.1, -0.05) is 58.2 Å². The first-order valence-corrected chi connectivity index (χ1v) is 13.1. The number of benzene rings is 3. The molecule has 0 spiro atoms. The standard InChI is InChI=1S/C30H21Cl3N4O3/c1-39-30-14-19(2-8-24(38)9-5-20-4-6-21(31)15-26(20)33)3-11-29(30)40-18-23-17-37(36-35-23)28-12-13-34-27-16-22(32)7-10-25(27)28/h2-17H,18H2,1H3/b8-2+,9-5+. The Morgan fingerprint density at radius 1 is 0.925 bits per heavy atom. The molecule has 0 bridgehead atoms. The van der Waals surface area contributed by atoms with E-state index in [1.165, 1.54) is 12.2 Å². The number of carbonyl (C=O) groups is 1. The fraction of sp³-hybridized carbons (Fsp3) is 0.0667. The third-order valence-electron chi connectivity index (χ3n) is 5.86. The van der Waals surface area contributed by atoms with Crippen molar-refractivity contribution >= 4 is 63.6 Å². The number of fused-ring (bicyclic) bond motifs is 1. The van der Waals surface area contributed by atoms with Crippen LogP contribution in [0.4, 0.5) is 0 Å². The third kappa shape index (κ3) is 6.51. The van der Waals surface area contributed by atoms with E-state index in [1.807, 2.05) is 24.3 Å². The van der Waals surface area contributed by atoms with Gasteiger partial charge in [0.1, 0.15) is 12.3 Å². The van der Waals surface area contributed by atoms with Gasteiger partial charge in [0, 0.05) is 26.7 Å². The first-order valence-electron chi connectivity index (χ1n) is 12.0. The van der Waals surface area contributed by atoms with E-state index in [4.69, 9.17) is 44.3 Å². The van der Waals surface area contributed by atoms with Gasteiger partial charge in [-0.3, -0.25) is 9.78 Å². The maximum atomic E-state index is 12.3. The molecule has 0 unspecified atom stereocenters. The maximum absolute atomic E-state index is 12.3. The van der Waals surface area contributed by atoms with Crippen LogP contribution in [0.5, 0.6) is 11.5 Å². The van der Waals surface area contributed by atoms with Gasteiger partial charge in [0.05, 0.1) is 24.5 Å². The molecule has 0 amide bonds. The minimum Gasteiger partial charge on any atom is -0.493 e. The maximum Gasteiger partial charge on any atom is 0.178 e. The number of nitrogens with zero attached hydrogens (tertiary/aromatic N) is 4. The lowest BCUT2D eigenvalue weighted by molar-refractivity contribution is -0.110. The van der Waals surface area contributed by atoms with Crippen molar-refractivity contribution in [2.75, 3.05) is 7.11 Å². The molecular weight excluding hydrogens is 571 g/mol. The smallest absolute Gasteiger partial charge is 0.178 e. The number of ether oxygens (including phenoxy) is 2. The van der Waals surface area contributed by atoms with Gasteiger partial charge in [0.25, 0.3) is 0 Å². The summed E-state index contributed by atoms with van der Waals surface area (Å²) < 4.78 is 13.1. The lowest BCUT2D eigenvalue weighted by atomic mass is 10.1. The van der Waals surface area contributed by atoms with Crippen molar-refractivity contribution in [3.8, 4) is 17.2 Å². The summed E-state index contributed by atoms with van der Waals surface area (Å²) in [6.45, 7) is 0.178. The van der Waals surface area contributed by atoms with Gasteiger partial charge in [0.2, 0.25) is 0 Å². The van der Waals surface area contributed by atoms with Crippen LogP contribution in [-0.2, 0) is 11.4 Å². The van der Waals surface area contributed by atoms with Gasteiger partial charge < -0.3 is 9.47 Å². The van der Waals surface area contributed by atoms with Crippen LogP contribution < -0.4 is 9.47 Å². The second-order valence-electron chi connectivity index (χ2n) is 8.58. The summed E-state index contributed by atoms with van der Waals surface area (Å²) in [5.74, 6) is 0.850. The monoisotopic (exact) mass is 590 g/mol. The Hall–Kier alpha value is -4.17. The van der Waals surface area contributed by atoms with E-state index in [-0.39, 0.29) is 12.4 Å². The van der Waals surface area contributed by atoms with Crippen molar-refractivity contribution in [2.45, 2.75) is 6.61 Å². The van der Waals surface area contributed by atoms with E-state index in [0.29, 0.717) is 37.8 Å².